The molecule has 1 aromatic heterocycles. The first kappa shape index (κ1) is 24.1. The Labute approximate surface area is 190 Å². The lowest BCUT2D eigenvalue weighted by atomic mass is 9.86. The highest BCUT2D eigenvalue weighted by Gasteiger charge is 2.38. The van der Waals surface area contributed by atoms with Crippen molar-refractivity contribution in [3.63, 3.8) is 0 Å². The number of hydrogen-bond acceptors (Lipinski definition) is 3. The maximum Gasteiger partial charge on any atom is 0.416 e. The minimum Gasteiger partial charge on any atom is -0.337 e. The fourth-order valence-electron chi connectivity index (χ4n) is 4.65. The Morgan fingerprint density at radius 2 is 1.68 bits per heavy atom. The van der Waals surface area contributed by atoms with E-state index in [2.05, 4.69) is 10.2 Å². The Morgan fingerprint density at radius 1 is 1.00 bits per heavy atom. The summed E-state index contributed by atoms with van der Waals surface area (Å²) in [5.41, 5.74) is 0.686. The van der Waals surface area contributed by atoms with Crippen molar-refractivity contribution in [3.8, 4) is 0 Å². The number of nitrogens with zero attached hydrogens (tertiary/aromatic N) is 3. The van der Waals surface area contributed by atoms with Crippen LogP contribution in [0.25, 0.3) is 0 Å². The second-order valence-electron chi connectivity index (χ2n) is 8.54. The van der Waals surface area contributed by atoms with Crippen LogP contribution < -0.4 is 0 Å². The smallest absolute Gasteiger partial charge is 0.337 e. The zero-order chi connectivity index (χ0) is 24.7. The van der Waals surface area contributed by atoms with Crippen molar-refractivity contribution in [1.29, 1.82) is 0 Å². The second kappa shape index (κ2) is 8.95. The Morgan fingerprint density at radius 3 is 2.32 bits per heavy atom. The van der Waals surface area contributed by atoms with Crippen LogP contribution in [0.1, 0.15) is 58.1 Å². The van der Waals surface area contributed by atoms with Crippen molar-refractivity contribution >= 4 is 11.8 Å². The number of hydrogen-bond donors (Lipinski definition) is 1. The van der Waals surface area contributed by atoms with Gasteiger partial charge in [-0.25, -0.2) is 0 Å². The van der Waals surface area contributed by atoms with Gasteiger partial charge in [0.15, 0.2) is 5.69 Å². The number of aromatic amines is 1. The van der Waals surface area contributed by atoms with Gasteiger partial charge in [0.2, 0.25) is 5.91 Å². The second-order valence-corrected chi connectivity index (χ2v) is 8.54. The molecule has 0 aliphatic carbocycles. The Bertz CT molecular complexity index is 1070. The van der Waals surface area contributed by atoms with Crippen LogP contribution in [0.3, 0.4) is 0 Å². The lowest BCUT2D eigenvalue weighted by Crippen LogP contribution is -2.40. The first-order valence-corrected chi connectivity index (χ1v) is 10.8. The van der Waals surface area contributed by atoms with Crippen LogP contribution in [0, 0.1) is 0 Å². The molecule has 2 aliphatic heterocycles. The first-order chi connectivity index (χ1) is 15.9. The number of carbonyl (C=O) groups excluding carboxylic acids is 2. The van der Waals surface area contributed by atoms with Gasteiger partial charge in [0.25, 0.3) is 5.91 Å². The summed E-state index contributed by atoms with van der Waals surface area (Å²) in [6.45, 7) is 0.458. The highest BCUT2D eigenvalue weighted by Crippen LogP contribution is 2.39. The van der Waals surface area contributed by atoms with Gasteiger partial charge in [-0.05, 0) is 36.8 Å². The fourth-order valence-corrected chi connectivity index (χ4v) is 4.65. The zero-order valence-electron chi connectivity index (χ0n) is 18.0. The number of piperidine rings is 1. The van der Waals surface area contributed by atoms with Gasteiger partial charge in [-0.15, -0.1) is 0 Å². The molecule has 0 unspecified atom stereocenters. The number of nitrogens with one attached hydrogen (secondary N) is 1. The van der Waals surface area contributed by atoms with Gasteiger partial charge in [0, 0.05) is 25.2 Å². The maximum atomic E-state index is 13.4. The highest BCUT2D eigenvalue weighted by molar-refractivity contribution is 5.94. The molecule has 184 valence electrons. The maximum absolute atomic E-state index is 13.4. The third-order valence-electron chi connectivity index (χ3n) is 6.33. The number of rotatable bonds is 3. The predicted octanol–water partition coefficient (Wildman–Crippen LogP) is 4.29. The molecule has 4 rings (SSSR count). The molecule has 1 fully saturated rings. The van der Waals surface area contributed by atoms with Gasteiger partial charge in [0.1, 0.15) is 6.42 Å². The standard InChI is InChI=1S/C22H22F6N4O2/c23-21(24,25)11-18(33)32-10-7-15-17(12-32)29-30-19(15)20(34)31-8-5-13(6-9-31)14-3-1-2-4-16(14)22(26,27)28/h1-4,13H,5-12H2,(H,29,30). The number of fused-ring (bicyclic) bond motifs is 1. The van der Waals surface area contributed by atoms with Crippen LogP contribution in [0.5, 0.6) is 0 Å². The van der Waals surface area contributed by atoms with E-state index >= 15 is 0 Å². The summed E-state index contributed by atoms with van der Waals surface area (Å²) in [5, 5.41) is 6.69. The Kier molecular flexibility index (Phi) is 6.34. The molecule has 2 aromatic rings. The van der Waals surface area contributed by atoms with Gasteiger partial charge >= 0.3 is 12.4 Å². The zero-order valence-corrected chi connectivity index (χ0v) is 18.0. The van der Waals surface area contributed by atoms with Crippen molar-refractivity contribution in [1.82, 2.24) is 20.0 Å². The number of likely N-dealkylation sites (tertiary alicyclic amines) is 1. The summed E-state index contributed by atoms with van der Waals surface area (Å²) in [6, 6.07) is 5.46. The van der Waals surface area contributed by atoms with Gasteiger partial charge in [-0.3, -0.25) is 14.7 Å². The van der Waals surface area contributed by atoms with E-state index in [1.54, 1.807) is 6.07 Å². The van der Waals surface area contributed by atoms with E-state index in [1.807, 2.05) is 0 Å². The number of benzene rings is 1. The summed E-state index contributed by atoms with van der Waals surface area (Å²) < 4.78 is 77.6. The molecule has 2 amide bonds. The van der Waals surface area contributed by atoms with Crippen molar-refractivity contribution in [2.24, 2.45) is 0 Å². The molecule has 0 bridgehead atoms. The Hall–Kier alpha value is -3.05. The quantitative estimate of drug-likeness (QED) is 0.656. The molecule has 34 heavy (non-hydrogen) atoms. The van der Waals surface area contributed by atoms with Crippen LogP contribution in [0.15, 0.2) is 24.3 Å². The van der Waals surface area contributed by atoms with Crippen LogP contribution in [0.2, 0.25) is 0 Å². The SMILES string of the molecule is O=C(CC(F)(F)F)N1CCc2c(C(=O)N3CCC(c4ccccc4C(F)(F)F)CC3)n[nH]c2C1. The molecule has 0 spiro atoms. The van der Waals surface area contributed by atoms with Crippen molar-refractivity contribution in [3.05, 3.63) is 52.3 Å². The summed E-state index contributed by atoms with van der Waals surface area (Å²) in [6.07, 6.45) is -9.68. The predicted molar refractivity (Wildman–Crippen MR) is 108 cm³/mol. The Balaban J connectivity index is 1.41. The fraction of sp³-hybridized carbons (Fsp3) is 0.500. The normalized spacial score (nSPS) is 17.6. The number of aromatic nitrogens is 2. The van der Waals surface area contributed by atoms with Gasteiger partial charge in [0.05, 0.1) is 17.8 Å². The van der Waals surface area contributed by atoms with E-state index in [1.165, 1.54) is 17.0 Å². The average Bonchev–Trinajstić information content (AvgIpc) is 3.20. The van der Waals surface area contributed by atoms with Gasteiger partial charge in [-0.1, -0.05) is 18.2 Å². The topological polar surface area (TPSA) is 69.3 Å². The van der Waals surface area contributed by atoms with Gasteiger partial charge < -0.3 is 9.80 Å². The monoisotopic (exact) mass is 488 g/mol. The van der Waals surface area contributed by atoms with Crippen molar-refractivity contribution in [2.45, 2.75) is 50.5 Å². The lowest BCUT2D eigenvalue weighted by molar-refractivity contribution is -0.162. The average molecular weight is 488 g/mol. The minimum absolute atomic E-state index is 0.0397. The number of halogens is 6. The third-order valence-corrected chi connectivity index (χ3v) is 6.33. The van der Waals surface area contributed by atoms with E-state index in [9.17, 15) is 35.9 Å². The minimum atomic E-state index is -4.60. The molecular weight excluding hydrogens is 466 g/mol. The summed E-state index contributed by atoms with van der Waals surface area (Å²) in [5.74, 6) is -1.75. The highest BCUT2D eigenvalue weighted by atomic mass is 19.4. The number of amides is 2. The van der Waals surface area contributed by atoms with Crippen LogP contribution >= 0.6 is 0 Å². The summed E-state index contributed by atoms with van der Waals surface area (Å²) >= 11 is 0. The lowest BCUT2D eigenvalue weighted by Gasteiger charge is -2.33. The van der Waals surface area contributed by atoms with Crippen LogP contribution in [-0.4, -0.2) is 57.6 Å². The van der Waals surface area contributed by atoms with E-state index in [0.717, 1.165) is 11.0 Å². The van der Waals surface area contributed by atoms with Crippen molar-refractivity contribution < 1.29 is 35.9 Å². The molecule has 0 atom stereocenters. The van der Waals surface area contributed by atoms with E-state index < -0.39 is 30.2 Å². The number of alkyl halides is 6. The third kappa shape index (κ3) is 5.05. The molecule has 0 radical (unpaired) electrons. The van der Waals surface area contributed by atoms with E-state index in [-0.39, 0.29) is 55.7 Å². The molecule has 0 saturated carbocycles. The molecule has 1 N–H and O–H groups in total. The number of carbonyl (C=O) groups is 2. The van der Waals surface area contributed by atoms with E-state index in [4.69, 9.17) is 0 Å². The molecule has 1 aromatic carbocycles. The molecule has 12 heteroatoms. The molecule has 1 saturated heterocycles. The van der Waals surface area contributed by atoms with E-state index in [0.29, 0.717) is 24.1 Å². The van der Waals surface area contributed by atoms with Crippen LogP contribution in [-0.2, 0) is 23.9 Å². The molecular formula is C22H22F6N4O2. The molecule has 6 nitrogen and oxygen atoms in total. The summed E-state index contributed by atoms with van der Waals surface area (Å²) in [4.78, 5) is 27.5. The number of H-pyrrole nitrogens is 1. The molecule has 2 aliphatic rings. The molecule has 3 heterocycles. The largest absolute Gasteiger partial charge is 0.416 e. The van der Waals surface area contributed by atoms with Crippen molar-refractivity contribution in [2.75, 3.05) is 19.6 Å². The summed E-state index contributed by atoms with van der Waals surface area (Å²) in [7, 11) is 0. The first-order valence-electron chi connectivity index (χ1n) is 10.8. The van der Waals surface area contributed by atoms with Crippen LogP contribution in [0.4, 0.5) is 26.3 Å². The van der Waals surface area contributed by atoms with Gasteiger partial charge in [-0.2, -0.15) is 31.4 Å².